The van der Waals surface area contributed by atoms with Crippen molar-refractivity contribution in [3.05, 3.63) is 35.4 Å². The van der Waals surface area contributed by atoms with Crippen molar-refractivity contribution in [2.45, 2.75) is 58.5 Å². The quantitative estimate of drug-likeness (QED) is 0.843. The molecule has 1 saturated carbocycles. The van der Waals surface area contributed by atoms with Crippen molar-refractivity contribution >= 4 is 5.91 Å². The zero-order valence-electron chi connectivity index (χ0n) is 13.7. The van der Waals surface area contributed by atoms with E-state index in [9.17, 15) is 4.79 Å². The van der Waals surface area contributed by atoms with Crippen molar-refractivity contribution in [1.82, 2.24) is 10.6 Å². The fourth-order valence-electron chi connectivity index (χ4n) is 2.58. The van der Waals surface area contributed by atoms with Gasteiger partial charge < -0.3 is 10.6 Å². The van der Waals surface area contributed by atoms with Crippen molar-refractivity contribution in [3.8, 4) is 0 Å². The standard InChI is InChI=1S/C18H28N2O/c1-13-5-7-14(8-6-13)17(15-9-10-15)19-12-11-16(21)20-18(2,3)4/h5-8,15,17,19H,9-12H2,1-4H3,(H,20,21). The van der Waals surface area contributed by atoms with Gasteiger partial charge in [-0.3, -0.25) is 4.79 Å². The van der Waals surface area contributed by atoms with Gasteiger partial charge in [-0.15, -0.1) is 0 Å². The molecule has 0 bridgehead atoms. The summed E-state index contributed by atoms with van der Waals surface area (Å²) in [7, 11) is 0. The molecule has 1 aliphatic carbocycles. The molecule has 21 heavy (non-hydrogen) atoms. The lowest BCUT2D eigenvalue weighted by atomic mass is 10.0. The summed E-state index contributed by atoms with van der Waals surface area (Å²) in [5, 5.41) is 6.58. The summed E-state index contributed by atoms with van der Waals surface area (Å²) in [6.07, 6.45) is 3.12. The SMILES string of the molecule is Cc1ccc(C(NCCC(=O)NC(C)(C)C)C2CC2)cc1. The number of nitrogens with one attached hydrogen (secondary N) is 2. The molecule has 3 nitrogen and oxygen atoms in total. The highest BCUT2D eigenvalue weighted by atomic mass is 16.1. The van der Waals surface area contributed by atoms with Crippen molar-refractivity contribution in [3.63, 3.8) is 0 Å². The molecule has 0 aromatic heterocycles. The normalized spacial score (nSPS) is 16.6. The summed E-state index contributed by atoms with van der Waals surface area (Å²) in [6, 6.07) is 9.14. The zero-order valence-corrected chi connectivity index (χ0v) is 13.7. The molecule has 1 fully saturated rings. The maximum atomic E-state index is 11.9. The number of rotatable bonds is 6. The van der Waals surface area contributed by atoms with Crippen LogP contribution in [-0.2, 0) is 4.79 Å². The van der Waals surface area contributed by atoms with Gasteiger partial charge in [0.25, 0.3) is 0 Å². The molecule has 1 atom stereocenters. The van der Waals surface area contributed by atoms with Gasteiger partial charge in [0, 0.05) is 24.5 Å². The van der Waals surface area contributed by atoms with E-state index in [1.807, 2.05) is 20.8 Å². The lowest BCUT2D eigenvalue weighted by molar-refractivity contribution is -0.122. The number of hydrogen-bond acceptors (Lipinski definition) is 2. The second-order valence-electron chi connectivity index (χ2n) is 7.23. The van der Waals surface area contributed by atoms with Crippen LogP contribution in [0.25, 0.3) is 0 Å². The molecular weight excluding hydrogens is 260 g/mol. The van der Waals surface area contributed by atoms with Crippen molar-refractivity contribution in [2.75, 3.05) is 6.54 Å². The molecule has 3 heteroatoms. The number of hydrogen-bond donors (Lipinski definition) is 2. The van der Waals surface area contributed by atoms with Crippen molar-refractivity contribution < 1.29 is 4.79 Å². The second kappa shape index (κ2) is 6.61. The first-order valence-corrected chi connectivity index (χ1v) is 7.96. The molecule has 2 N–H and O–H groups in total. The Bertz CT molecular complexity index is 469. The van der Waals surface area contributed by atoms with Crippen LogP contribution in [0.1, 0.15) is 57.2 Å². The van der Waals surface area contributed by atoms with Gasteiger partial charge in [-0.2, -0.15) is 0 Å². The molecule has 1 amide bonds. The highest BCUT2D eigenvalue weighted by molar-refractivity contribution is 5.76. The fraction of sp³-hybridized carbons (Fsp3) is 0.611. The lowest BCUT2D eigenvalue weighted by Crippen LogP contribution is -2.41. The Balaban J connectivity index is 1.84. The molecule has 0 radical (unpaired) electrons. The number of carbonyl (C=O) groups excluding carboxylic acids is 1. The maximum absolute atomic E-state index is 11.9. The molecule has 1 aliphatic rings. The minimum absolute atomic E-state index is 0.119. The third-order valence-electron chi connectivity index (χ3n) is 3.76. The molecule has 1 aromatic rings. The number of benzene rings is 1. The van der Waals surface area contributed by atoms with Gasteiger partial charge >= 0.3 is 0 Å². The topological polar surface area (TPSA) is 41.1 Å². The molecule has 0 spiro atoms. The fourth-order valence-corrected chi connectivity index (χ4v) is 2.58. The molecule has 116 valence electrons. The predicted molar refractivity (Wildman–Crippen MR) is 87.2 cm³/mol. The lowest BCUT2D eigenvalue weighted by Gasteiger charge is -2.22. The predicted octanol–water partition coefficient (Wildman–Crippen LogP) is 3.34. The van der Waals surface area contributed by atoms with Gasteiger partial charge in [-0.05, 0) is 52.0 Å². The average molecular weight is 288 g/mol. The van der Waals surface area contributed by atoms with Gasteiger partial charge in [0.05, 0.1) is 0 Å². The largest absolute Gasteiger partial charge is 0.351 e. The van der Waals surface area contributed by atoms with Gasteiger partial charge in [-0.25, -0.2) is 0 Å². The molecular formula is C18H28N2O. The minimum atomic E-state index is -0.149. The smallest absolute Gasteiger partial charge is 0.221 e. The molecule has 1 aromatic carbocycles. The summed E-state index contributed by atoms with van der Waals surface area (Å²) >= 11 is 0. The first-order chi connectivity index (χ1) is 9.85. The summed E-state index contributed by atoms with van der Waals surface area (Å²) < 4.78 is 0. The van der Waals surface area contributed by atoms with Crippen molar-refractivity contribution in [2.24, 2.45) is 5.92 Å². The Morgan fingerprint density at radius 2 is 1.86 bits per heavy atom. The van der Waals surface area contributed by atoms with Crippen LogP contribution in [0.15, 0.2) is 24.3 Å². The van der Waals surface area contributed by atoms with Crippen LogP contribution >= 0.6 is 0 Å². The van der Waals surface area contributed by atoms with E-state index < -0.39 is 0 Å². The van der Waals surface area contributed by atoms with Gasteiger partial charge in [0.2, 0.25) is 5.91 Å². The zero-order chi connectivity index (χ0) is 15.5. The van der Waals surface area contributed by atoms with Crippen LogP contribution in [0.3, 0.4) is 0 Å². The third kappa shape index (κ3) is 5.50. The minimum Gasteiger partial charge on any atom is -0.351 e. The van der Waals surface area contributed by atoms with Crippen LogP contribution in [0.4, 0.5) is 0 Å². The second-order valence-corrected chi connectivity index (χ2v) is 7.23. The van der Waals surface area contributed by atoms with Gasteiger partial charge in [0.1, 0.15) is 0 Å². The first-order valence-electron chi connectivity index (χ1n) is 7.96. The van der Waals surface area contributed by atoms with E-state index in [1.165, 1.54) is 24.0 Å². The van der Waals surface area contributed by atoms with Crippen LogP contribution < -0.4 is 10.6 Å². The monoisotopic (exact) mass is 288 g/mol. The summed E-state index contributed by atoms with van der Waals surface area (Å²) in [6.45, 7) is 8.88. The Morgan fingerprint density at radius 3 is 2.38 bits per heavy atom. The summed E-state index contributed by atoms with van der Waals surface area (Å²) in [5.74, 6) is 0.854. The summed E-state index contributed by atoms with van der Waals surface area (Å²) in [4.78, 5) is 11.9. The number of aryl methyl sites for hydroxylation is 1. The molecule has 0 saturated heterocycles. The molecule has 0 heterocycles. The van der Waals surface area contributed by atoms with E-state index in [-0.39, 0.29) is 11.4 Å². The van der Waals surface area contributed by atoms with E-state index in [1.54, 1.807) is 0 Å². The molecule has 0 aliphatic heterocycles. The first kappa shape index (κ1) is 16.0. The Hall–Kier alpha value is -1.35. The van der Waals surface area contributed by atoms with Crippen LogP contribution in [-0.4, -0.2) is 18.0 Å². The van der Waals surface area contributed by atoms with Gasteiger partial charge in [-0.1, -0.05) is 29.8 Å². The highest BCUT2D eigenvalue weighted by Crippen LogP contribution is 2.40. The van der Waals surface area contributed by atoms with E-state index in [0.29, 0.717) is 12.5 Å². The highest BCUT2D eigenvalue weighted by Gasteiger charge is 2.31. The number of amides is 1. The van der Waals surface area contributed by atoms with Crippen LogP contribution in [0.2, 0.25) is 0 Å². The molecule has 1 unspecified atom stereocenters. The van der Waals surface area contributed by atoms with Gasteiger partial charge in [0.15, 0.2) is 0 Å². The van der Waals surface area contributed by atoms with Crippen LogP contribution in [0.5, 0.6) is 0 Å². The number of carbonyl (C=O) groups is 1. The van der Waals surface area contributed by atoms with E-state index in [0.717, 1.165) is 12.5 Å². The Morgan fingerprint density at radius 1 is 1.24 bits per heavy atom. The van der Waals surface area contributed by atoms with Crippen LogP contribution in [0, 0.1) is 12.8 Å². The van der Waals surface area contributed by atoms with E-state index >= 15 is 0 Å². The third-order valence-corrected chi connectivity index (χ3v) is 3.76. The average Bonchev–Trinajstić information content (AvgIpc) is 3.18. The Labute approximate surface area is 128 Å². The summed E-state index contributed by atoms with van der Waals surface area (Å²) in [5.41, 5.74) is 2.49. The maximum Gasteiger partial charge on any atom is 0.221 e. The molecule has 2 rings (SSSR count). The van der Waals surface area contributed by atoms with E-state index in [4.69, 9.17) is 0 Å². The van der Waals surface area contributed by atoms with Crippen molar-refractivity contribution in [1.29, 1.82) is 0 Å². The van der Waals surface area contributed by atoms with E-state index in [2.05, 4.69) is 41.8 Å². The Kier molecular flexibility index (Phi) is 5.04.